The molecule has 2 rings (SSSR count). The van der Waals surface area contributed by atoms with Crippen molar-refractivity contribution in [2.45, 2.75) is 13.0 Å². The second-order valence-electron chi connectivity index (χ2n) is 3.14. The van der Waals surface area contributed by atoms with E-state index in [0.717, 1.165) is 11.3 Å². The minimum atomic E-state index is -0.127. The van der Waals surface area contributed by atoms with Crippen molar-refractivity contribution in [1.82, 2.24) is 10.1 Å². The van der Waals surface area contributed by atoms with E-state index in [2.05, 4.69) is 10.1 Å². The third kappa shape index (κ3) is 1.65. The van der Waals surface area contributed by atoms with Gasteiger partial charge in [0.05, 0.1) is 6.04 Å². The summed E-state index contributed by atoms with van der Waals surface area (Å²) in [7, 11) is 0. The molecule has 0 aliphatic carbocycles. The average Bonchev–Trinajstić information content (AvgIpc) is 2.68. The average molecular weight is 189 g/mol. The van der Waals surface area contributed by atoms with Crippen molar-refractivity contribution in [3.05, 3.63) is 36.4 Å². The zero-order valence-corrected chi connectivity index (χ0v) is 7.84. The van der Waals surface area contributed by atoms with E-state index < -0.39 is 0 Å². The van der Waals surface area contributed by atoms with Crippen molar-refractivity contribution in [3.8, 4) is 11.3 Å². The van der Waals surface area contributed by atoms with Crippen molar-refractivity contribution in [2.24, 2.45) is 5.73 Å². The number of pyridine rings is 1. The lowest BCUT2D eigenvalue weighted by Gasteiger charge is -1.94. The smallest absolute Gasteiger partial charge is 0.153 e. The van der Waals surface area contributed by atoms with Crippen LogP contribution in [-0.4, -0.2) is 10.1 Å². The summed E-state index contributed by atoms with van der Waals surface area (Å²) in [5.41, 5.74) is 7.43. The SMILES string of the molecule is C[C@H](N)c1cc(-c2ccncc2)no1. The van der Waals surface area contributed by atoms with Crippen molar-refractivity contribution in [2.75, 3.05) is 0 Å². The molecule has 2 aromatic heterocycles. The fourth-order valence-electron chi connectivity index (χ4n) is 1.16. The third-order valence-electron chi connectivity index (χ3n) is 1.95. The largest absolute Gasteiger partial charge is 0.359 e. The summed E-state index contributed by atoms with van der Waals surface area (Å²) in [6, 6.07) is 5.48. The second kappa shape index (κ2) is 3.59. The van der Waals surface area contributed by atoms with E-state index in [9.17, 15) is 0 Å². The van der Waals surface area contributed by atoms with Gasteiger partial charge in [-0.05, 0) is 19.1 Å². The quantitative estimate of drug-likeness (QED) is 0.781. The summed E-state index contributed by atoms with van der Waals surface area (Å²) in [5, 5.41) is 3.92. The molecule has 0 fully saturated rings. The molecule has 0 unspecified atom stereocenters. The van der Waals surface area contributed by atoms with E-state index in [1.807, 2.05) is 25.1 Å². The van der Waals surface area contributed by atoms with Gasteiger partial charge >= 0.3 is 0 Å². The minimum Gasteiger partial charge on any atom is -0.359 e. The molecule has 2 aromatic rings. The maximum atomic E-state index is 5.66. The summed E-state index contributed by atoms with van der Waals surface area (Å²) in [6.07, 6.45) is 3.44. The first-order valence-electron chi connectivity index (χ1n) is 4.40. The Bertz CT molecular complexity index is 408. The zero-order valence-electron chi connectivity index (χ0n) is 7.84. The highest BCUT2D eigenvalue weighted by atomic mass is 16.5. The van der Waals surface area contributed by atoms with E-state index >= 15 is 0 Å². The number of hydrogen-bond donors (Lipinski definition) is 1. The Hall–Kier alpha value is -1.68. The van der Waals surface area contributed by atoms with Crippen LogP contribution >= 0.6 is 0 Å². The minimum absolute atomic E-state index is 0.127. The molecule has 4 heteroatoms. The molecule has 0 bridgehead atoms. The highest BCUT2D eigenvalue weighted by Gasteiger charge is 2.08. The standard InChI is InChI=1S/C10H11N3O/c1-7(11)10-6-9(13-14-10)8-2-4-12-5-3-8/h2-7H,11H2,1H3/t7-/m0/s1. The molecule has 0 saturated heterocycles. The Labute approximate surface area is 81.7 Å². The normalized spacial score (nSPS) is 12.7. The van der Waals surface area contributed by atoms with Crippen LogP contribution in [0.15, 0.2) is 35.1 Å². The Balaban J connectivity index is 2.34. The van der Waals surface area contributed by atoms with Gasteiger partial charge in [-0.15, -0.1) is 0 Å². The van der Waals surface area contributed by atoms with Crippen molar-refractivity contribution < 1.29 is 4.52 Å². The van der Waals surface area contributed by atoms with Crippen molar-refractivity contribution >= 4 is 0 Å². The highest BCUT2D eigenvalue weighted by molar-refractivity contribution is 5.57. The van der Waals surface area contributed by atoms with Crippen LogP contribution in [0.4, 0.5) is 0 Å². The number of nitrogens with two attached hydrogens (primary N) is 1. The Kier molecular flexibility index (Phi) is 2.28. The van der Waals surface area contributed by atoms with Crippen LogP contribution in [0.2, 0.25) is 0 Å². The summed E-state index contributed by atoms with van der Waals surface area (Å²) in [4.78, 5) is 3.93. The maximum Gasteiger partial charge on any atom is 0.153 e. The summed E-state index contributed by atoms with van der Waals surface area (Å²) in [5.74, 6) is 0.691. The first-order chi connectivity index (χ1) is 6.77. The van der Waals surface area contributed by atoms with E-state index in [1.54, 1.807) is 12.4 Å². The number of hydrogen-bond acceptors (Lipinski definition) is 4. The predicted molar refractivity (Wildman–Crippen MR) is 52.3 cm³/mol. The molecule has 0 aliphatic heterocycles. The molecule has 0 radical (unpaired) electrons. The molecule has 0 spiro atoms. The molecule has 2 N–H and O–H groups in total. The lowest BCUT2D eigenvalue weighted by Crippen LogP contribution is -2.02. The Morgan fingerprint density at radius 1 is 1.36 bits per heavy atom. The van der Waals surface area contributed by atoms with E-state index in [1.165, 1.54) is 0 Å². The van der Waals surface area contributed by atoms with Gasteiger partial charge in [0.2, 0.25) is 0 Å². The number of nitrogens with zero attached hydrogens (tertiary/aromatic N) is 2. The summed E-state index contributed by atoms with van der Waals surface area (Å²) < 4.78 is 5.09. The van der Waals surface area contributed by atoms with Gasteiger partial charge in [0.1, 0.15) is 5.69 Å². The molecule has 0 aromatic carbocycles. The van der Waals surface area contributed by atoms with Gasteiger partial charge < -0.3 is 10.3 Å². The maximum absolute atomic E-state index is 5.66. The molecular weight excluding hydrogens is 178 g/mol. The van der Waals surface area contributed by atoms with Gasteiger partial charge in [0.25, 0.3) is 0 Å². The highest BCUT2D eigenvalue weighted by Crippen LogP contribution is 2.20. The van der Waals surface area contributed by atoms with Crippen LogP contribution in [0.1, 0.15) is 18.7 Å². The molecule has 2 heterocycles. The third-order valence-corrected chi connectivity index (χ3v) is 1.95. The summed E-state index contributed by atoms with van der Waals surface area (Å²) >= 11 is 0. The first kappa shape index (κ1) is 8.90. The molecule has 0 aliphatic rings. The zero-order chi connectivity index (χ0) is 9.97. The van der Waals surface area contributed by atoms with Gasteiger partial charge in [-0.1, -0.05) is 5.16 Å². The number of aromatic nitrogens is 2. The topological polar surface area (TPSA) is 64.9 Å². The molecule has 0 amide bonds. The summed E-state index contributed by atoms with van der Waals surface area (Å²) in [6.45, 7) is 1.86. The van der Waals surface area contributed by atoms with Crippen LogP contribution in [-0.2, 0) is 0 Å². The van der Waals surface area contributed by atoms with Crippen LogP contribution in [0.3, 0.4) is 0 Å². The molecular formula is C10H11N3O. The van der Waals surface area contributed by atoms with Crippen LogP contribution in [0.5, 0.6) is 0 Å². The van der Waals surface area contributed by atoms with Gasteiger partial charge in [0.15, 0.2) is 5.76 Å². The number of rotatable bonds is 2. The van der Waals surface area contributed by atoms with Crippen molar-refractivity contribution in [1.29, 1.82) is 0 Å². The Morgan fingerprint density at radius 3 is 2.64 bits per heavy atom. The van der Waals surface area contributed by atoms with Gasteiger partial charge in [0, 0.05) is 24.0 Å². The van der Waals surface area contributed by atoms with E-state index in [0.29, 0.717) is 5.76 Å². The lowest BCUT2D eigenvalue weighted by molar-refractivity contribution is 0.369. The lowest BCUT2D eigenvalue weighted by atomic mass is 10.1. The molecule has 72 valence electrons. The van der Waals surface area contributed by atoms with Gasteiger partial charge in [-0.25, -0.2) is 0 Å². The first-order valence-corrected chi connectivity index (χ1v) is 4.40. The monoisotopic (exact) mass is 189 g/mol. The van der Waals surface area contributed by atoms with Gasteiger partial charge in [-0.3, -0.25) is 4.98 Å². The van der Waals surface area contributed by atoms with E-state index in [4.69, 9.17) is 10.3 Å². The fourth-order valence-corrected chi connectivity index (χ4v) is 1.16. The van der Waals surface area contributed by atoms with Gasteiger partial charge in [-0.2, -0.15) is 0 Å². The second-order valence-corrected chi connectivity index (χ2v) is 3.14. The fraction of sp³-hybridized carbons (Fsp3) is 0.200. The van der Waals surface area contributed by atoms with Crippen LogP contribution in [0, 0.1) is 0 Å². The molecule has 1 atom stereocenters. The molecule has 4 nitrogen and oxygen atoms in total. The molecule has 0 saturated carbocycles. The van der Waals surface area contributed by atoms with E-state index in [-0.39, 0.29) is 6.04 Å². The Morgan fingerprint density at radius 2 is 2.07 bits per heavy atom. The van der Waals surface area contributed by atoms with Crippen LogP contribution < -0.4 is 5.73 Å². The molecule has 14 heavy (non-hydrogen) atoms. The van der Waals surface area contributed by atoms with Crippen LogP contribution in [0.25, 0.3) is 11.3 Å². The van der Waals surface area contributed by atoms with Crippen molar-refractivity contribution in [3.63, 3.8) is 0 Å². The predicted octanol–water partition coefficient (Wildman–Crippen LogP) is 1.76.